The summed E-state index contributed by atoms with van der Waals surface area (Å²) >= 11 is 0. The first-order valence-electron chi connectivity index (χ1n) is 13.2. The maximum Gasteiger partial charge on any atom is 0.407 e. The summed E-state index contributed by atoms with van der Waals surface area (Å²) in [6.45, 7) is 14.4. The first-order valence-corrected chi connectivity index (χ1v) is 13.2. The first-order chi connectivity index (χ1) is 18.4. The lowest BCUT2D eigenvalue weighted by molar-refractivity contribution is 0.0522. The van der Waals surface area contributed by atoms with Crippen LogP contribution in [0.15, 0.2) is 48.5 Å². The topological polar surface area (TPSA) is 86.8 Å². The van der Waals surface area contributed by atoms with Gasteiger partial charge in [-0.25, -0.2) is 9.59 Å². The Balaban J connectivity index is 2.06. The van der Waals surface area contributed by atoms with Crippen LogP contribution < -0.4 is 10.1 Å². The number of ether oxygens (including phenoxy) is 3. The van der Waals surface area contributed by atoms with Crippen molar-refractivity contribution in [2.24, 2.45) is 5.92 Å². The standard InChI is InChI=1S/C32H40N2O5/c1-20(2)17-28-26(18-33-31(36)39-32(5,6)7)29(23-11-9-21(3)10-12-23)27(22(4)34-28)19-38-25-15-13-24(14-16-25)30(35)37-8/h9-16,20H,17-19H2,1-8H3,(H,33,36). The van der Waals surface area contributed by atoms with Gasteiger partial charge in [-0.1, -0.05) is 43.7 Å². The highest BCUT2D eigenvalue weighted by Crippen LogP contribution is 2.34. The average Bonchev–Trinajstić information content (AvgIpc) is 2.86. The summed E-state index contributed by atoms with van der Waals surface area (Å²) in [5, 5.41) is 2.95. The molecule has 0 aliphatic heterocycles. The second-order valence-electron chi connectivity index (χ2n) is 11.1. The van der Waals surface area contributed by atoms with Gasteiger partial charge in [0.2, 0.25) is 0 Å². The number of aryl methyl sites for hydroxylation is 2. The van der Waals surface area contributed by atoms with E-state index in [1.807, 2.05) is 27.7 Å². The Morgan fingerprint density at radius 2 is 1.59 bits per heavy atom. The van der Waals surface area contributed by atoms with Crippen molar-refractivity contribution in [3.8, 4) is 16.9 Å². The number of nitrogens with one attached hydrogen (secondary N) is 1. The highest BCUT2D eigenvalue weighted by Gasteiger charge is 2.22. The summed E-state index contributed by atoms with van der Waals surface area (Å²) in [6, 6.07) is 15.2. The number of nitrogens with zero attached hydrogens (tertiary/aromatic N) is 1. The lowest BCUT2D eigenvalue weighted by Gasteiger charge is -2.24. The van der Waals surface area contributed by atoms with Crippen LogP contribution in [0, 0.1) is 19.8 Å². The molecule has 1 aromatic heterocycles. The number of carbonyl (C=O) groups excluding carboxylic acids is 2. The number of hydrogen-bond acceptors (Lipinski definition) is 6. The van der Waals surface area contributed by atoms with Gasteiger partial charge >= 0.3 is 12.1 Å². The van der Waals surface area contributed by atoms with Crippen LogP contribution in [0.4, 0.5) is 4.79 Å². The zero-order valence-electron chi connectivity index (χ0n) is 24.3. The van der Waals surface area contributed by atoms with Gasteiger partial charge in [0.05, 0.1) is 12.7 Å². The van der Waals surface area contributed by atoms with E-state index in [2.05, 4.69) is 50.4 Å². The molecule has 208 valence electrons. The Morgan fingerprint density at radius 3 is 2.15 bits per heavy atom. The quantitative estimate of drug-likeness (QED) is 0.300. The number of hydrogen-bond donors (Lipinski definition) is 1. The van der Waals surface area contributed by atoms with E-state index < -0.39 is 17.7 Å². The van der Waals surface area contributed by atoms with E-state index in [4.69, 9.17) is 19.2 Å². The number of amides is 1. The maximum absolute atomic E-state index is 12.6. The molecule has 1 N–H and O–H groups in total. The molecule has 3 aromatic rings. The average molecular weight is 533 g/mol. The van der Waals surface area contributed by atoms with Gasteiger partial charge in [0, 0.05) is 29.1 Å². The van der Waals surface area contributed by atoms with Crippen LogP contribution in [-0.2, 0) is 29.0 Å². The second kappa shape index (κ2) is 12.8. The number of carbonyl (C=O) groups is 2. The van der Waals surface area contributed by atoms with Crippen LogP contribution in [0.25, 0.3) is 11.1 Å². The Hall–Kier alpha value is -3.87. The summed E-state index contributed by atoms with van der Waals surface area (Å²) in [5.41, 5.74) is 6.73. The smallest absolute Gasteiger partial charge is 0.407 e. The fraction of sp³-hybridized carbons (Fsp3) is 0.406. The lowest BCUT2D eigenvalue weighted by Crippen LogP contribution is -2.32. The van der Waals surface area contributed by atoms with E-state index in [0.29, 0.717) is 17.2 Å². The molecule has 0 aliphatic carbocycles. The molecule has 1 amide bonds. The van der Waals surface area contributed by atoms with Crippen LogP contribution in [0.1, 0.15) is 73.1 Å². The van der Waals surface area contributed by atoms with Crippen molar-refractivity contribution in [1.82, 2.24) is 10.3 Å². The molecule has 0 aliphatic rings. The molecule has 0 atom stereocenters. The number of methoxy groups -OCH3 is 1. The van der Waals surface area contributed by atoms with Crippen LogP contribution in [0.3, 0.4) is 0 Å². The van der Waals surface area contributed by atoms with E-state index in [9.17, 15) is 9.59 Å². The predicted octanol–water partition coefficient (Wildman–Crippen LogP) is 6.95. The Labute approximate surface area is 231 Å². The van der Waals surface area contributed by atoms with Crippen LogP contribution >= 0.6 is 0 Å². The van der Waals surface area contributed by atoms with Crippen LogP contribution in [0.2, 0.25) is 0 Å². The number of aromatic nitrogens is 1. The Bertz CT molecular complexity index is 1290. The largest absolute Gasteiger partial charge is 0.489 e. The minimum Gasteiger partial charge on any atom is -0.489 e. The SMILES string of the molecule is COC(=O)c1ccc(OCc2c(C)nc(CC(C)C)c(CNC(=O)OC(C)(C)C)c2-c2ccc(C)cc2)cc1. The predicted molar refractivity (Wildman–Crippen MR) is 153 cm³/mol. The molecule has 0 saturated carbocycles. The molecule has 7 heteroatoms. The first kappa shape index (κ1) is 29.7. The zero-order valence-corrected chi connectivity index (χ0v) is 24.3. The normalized spacial score (nSPS) is 11.3. The number of esters is 1. The fourth-order valence-electron chi connectivity index (χ4n) is 4.27. The van der Waals surface area contributed by atoms with E-state index >= 15 is 0 Å². The number of alkyl carbamates (subject to hydrolysis) is 1. The molecule has 0 saturated heterocycles. The van der Waals surface area contributed by atoms with Crippen molar-refractivity contribution in [3.63, 3.8) is 0 Å². The van der Waals surface area contributed by atoms with Crippen molar-refractivity contribution < 1.29 is 23.8 Å². The van der Waals surface area contributed by atoms with Crippen molar-refractivity contribution in [1.29, 1.82) is 0 Å². The van der Waals surface area contributed by atoms with Crippen molar-refractivity contribution >= 4 is 12.1 Å². The molecule has 39 heavy (non-hydrogen) atoms. The van der Waals surface area contributed by atoms with Gasteiger partial charge < -0.3 is 19.5 Å². The molecular weight excluding hydrogens is 492 g/mol. The van der Waals surface area contributed by atoms with E-state index in [0.717, 1.165) is 45.6 Å². The molecule has 0 radical (unpaired) electrons. The summed E-state index contributed by atoms with van der Waals surface area (Å²) in [7, 11) is 1.35. The van der Waals surface area contributed by atoms with E-state index in [1.54, 1.807) is 24.3 Å². The third kappa shape index (κ3) is 8.31. The number of rotatable bonds is 9. The summed E-state index contributed by atoms with van der Waals surface area (Å²) in [6.07, 6.45) is 0.290. The Morgan fingerprint density at radius 1 is 0.949 bits per heavy atom. The third-order valence-corrected chi connectivity index (χ3v) is 6.10. The lowest BCUT2D eigenvalue weighted by atomic mass is 9.90. The highest BCUT2D eigenvalue weighted by molar-refractivity contribution is 5.89. The maximum atomic E-state index is 12.6. The van der Waals surface area contributed by atoms with Crippen LogP contribution in [0.5, 0.6) is 5.75 Å². The Kier molecular flexibility index (Phi) is 9.73. The van der Waals surface area contributed by atoms with Gasteiger partial charge in [-0.15, -0.1) is 0 Å². The van der Waals surface area contributed by atoms with Crippen molar-refractivity contribution in [3.05, 3.63) is 82.2 Å². The monoisotopic (exact) mass is 532 g/mol. The highest BCUT2D eigenvalue weighted by atomic mass is 16.6. The van der Waals surface area contributed by atoms with Gasteiger partial charge in [-0.3, -0.25) is 4.98 Å². The minimum absolute atomic E-state index is 0.265. The summed E-state index contributed by atoms with van der Waals surface area (Å²) in [4.78, 5) is 29.4. The van der Waals surface area contributed by atoms with Crippen molar-refractivity contribution in [2.75, 3.05) is 7.11 Å². The fourth-order valence-corrected chi connectivity index (χ4v) is 4.27. The van der Waals surface area contributed by atoms with Crippen LogP contribution in [-0.4, -0.2) is 29.8 Å². The van der Waals surface area contributed by atoms with Gasteiger partial charge in [0.1, 0.15) is 18.0 Å². The molecule has 7 nitrogen and oxygen atoms in total. The molecule has 1 heterocycles. The minimum atomic E-state index is -0.599. The zero-order chi connectivity index (χ0) is 28.7. The van der Waals surface area contributed by atoms with E-state index in [-0.39, 0.29) is 13.2 Å². The van der Waals surface area contributed by atoms with Crippen molar-refractivity contribution in [2.45, 2.75) is 73.6 Å². The molecule has 2 aromatic carbocycles. The summed E-state index contributed by atoms with van der Waals surface area (Å²) in [5.74, 6) is 0.598. The van der Waals surface area contributed by atoms with E-state index in [1.165, 1.54) is 7.11 Å². The second-order valence-corrected chi connectivity index (χ2v) is 11.1. The summed E-state index contributed by atoms with van der Waals surface area (Å²) < 4.78 is 16.5. The molecule has 0 fully saturated rings. The van der Waals surface area contributed by atoms with Gasteiger partial charge in [0.25, 0.3) is 0 Å². The number of pyridine rings is 1. The molecular formula is C32H40N2O5. The van der Waals surface area contributed by atoms with Gasteiger partial charge in [0.15, 0.2) is 0 Å². The molecule has 0 spiro atoms. The van der Waals surface area contributed by atoms with Gasteiger partial charge in [-0.2, -0.15) is 0 Å². The van der Waals surface area contributed by atoms with Gasteiger partial charge in [-0.05, 0) is 82.3 Å². The molecule has 3 rings (SSSR count). The number of benzene rings is 2. The molecule has 0 bridgehead atoms. The third-order valence-electron chi connectivity index (χ3n) is 6.10. The molecule has 0 unspecified atom stereocenters.